The number of carbonyl (C=O) groups is 1. The Balaban J connectivity index is 3.01. The van der Waals surface area contributed by atoms with Crippen LogP contribution in [0.4, 0.5) is 0 Å². The smallest absolute Gasteiger partial charge is 0.339 e. The first kappa shape index (κ1) is 13.0. The van der Waals surface area contributed by atoms with Gasteiger partial charge < -0.3 is 14.9 Å². The predicted molar refractivity (Wildman–Crippen MR) is 62.1 cm³/mol. The van der Waals surface area contributed by atoms with Crippen LogP contribution in [-0.2, 0) is 9.53 Å². The number of aryl methyl sites for hydroxylation is 1. The quantitative estimate of drug-likeness (QED) is 0.836. The summed E-state index contributed by atoms with van der Waals surface area (Å²) >= 11 is 3.14. The molecule has 0 saturated heterocycles. The molecule has 88 valence electrons. The molecule has 0 aromatic heterocycles. The monoisotopic (exact) mass is 288 g/mol. The van der Waals surface area contributed by atoms with Crippen molar-refractivity contribution in [1.82, 2.24) is 0 Å². The average Bonchev–Trinajstić information content (AvgIpc) is 2.24. The van der Waals surface area contributed by atoms with Crippen LogP contribution in [-0.4, -0.2) is 22.8 Å². The maximum absolute atomic E-state index is 11.3. The van der Waals surface area contributed by atoms with Crippen LogP contribution in [0.1, 0.15) is 24.2 Å². The summed E-state index contributed by atoms with van der Waals surface area (Å²) in [6.45, 7) is 3.57. The number of rotatable bonds is 3. The first-order valence-electron chi connectivity index (χ1n) is 4.81. The van der Waals surface area contributed by atoms with Gasteiger partial charge in [-0.1, -0.05) is 0 Å². The molecule has 1 aromatic carbocycles. The molecular weight excluding hydrogens is 276 g/mol. The lowest BCUT2D eigenvalue weighted by molar-refractivity contribution is -0.153. The van der Waals surface area contributed by atoms with Crippen LogP contribution in [0.5, 0.6) is 5.75 Å². The van der Waals surface area contributed by atoms with Crippen molar-refractivity contribution in [2.24, 2.45) is 0 Å². The third kappa shape index (κ3) is 2.74. The number of carbonyl (C=O) groups excluding carboxylic acids is 1. The minimum Gasteiger partial charge on any atom is -0.506 e. The Labute approximate surface area is 102 Å². The van der Waals surface area contributed by atoms with Gasteiger partial charge in [-0.2, -0.15) is 0 Å². The van der Waals surface area contributed by atoms with Crippen LogP contribution >= 0.6 is 15.9 Å². The number of aliphatic hydroxyl groups excluding tert-OH is 1. The number of phenolic OH excluding ortho intramolecular Hbond substituents is 1. The Bertz CT molecular complexity index is 380. The van der Waals surface area contributed by atoms with Gasteiger partial charge in [-0.25, -0.2) is 4.79 Å². The van der Waals surface area contributed by atoms with Crippen LogP contribution in [0.15, 0.2) is 16.6 Å². The molecule has 0 fully saturated rings. The number of aromatic hydroxyl groups is 1. The fourth-order valence-electron chi connectivity index (χ4n) is 1.28. The molecule has 4 nitrogen and oxygen atoms in total. The summed E-state index contributed by atoms with van der Waals surface area (Å²) in [5, 5.41) is 19.2. The van der Waals surface area contributed by atoms with Crippen LogP contribution in [0.3, 0.4) is 0 Å². The summed E-state index contributed by atoms with van der Waals surface area (Å²) in [5.74, 6) is -0.598. The Hall–Kier alpha value is -1.07. The molecule has 0 amide bonds. The molecule has 1 unspecified atom stereocenters. The zero-order chi connectivity index (χ0) is 12.3. The van der Waals surface area contributed by atoms with Crippen LogP contribution in [0.25, 0.3) is 0 Å². The molecule has 0 aliphatic carbocycles. The molecule has 0 aliphatic rings. The predicted octanol–water partition coefficient (Wildman–Crippen LogP) is 2.06. The molecule has 16 heavy (non-hydrogen) atoms. The maximum Gasteiger partial charge on any atom is 0.339 e. The largest absolute Gasteiger partial charge is 0.506 e. The van der Waals surface area contributed by atoms with E-state index in [-0.39, 0.29) is 12.4 Å². The molecule has 1 rings (SSSR count). The molecule has 0 radical (unpaired) electrons. The third-order valence-electron chi connectivity index (χ3n) is 2.10. The van der Waals surface area contributed by atoms with Crippen LogP contribution < -0.4 is 0 Å². The highest BCUT2D eigenvalue weighted by Gasteiger charge is 2.20. The van der Waals surface area contributed by atoms with Crippen molar-refractivity contribution in [2.45, 2.75) is 20.0 Å². The van der Waals surface area contributed by atoms with Crippen molar-refractivity contribution in [3.05, 3.63) is 27.7 Å². The van der Waals surface area contributed by atoms with E-state index in [1.807, 2.05) is 0 Å². The van der Waals surface area contributed by atoms with Gasteiger partial charge in [0.15, 0.2) is 6.10 Å². The lowest BCUT2D eigenvalue weighted by Crippen LogP contribution is -2.15. The van der Waals surface area contributed by atoms with E-state index >= 15 is 0 Å². The summed E-state index contributed by atoms with van der Waals surface area (Å²) in [6, 6.07) is 3.03. The number of esters is 1. The van der Waals surface area contributed by atoms with Crippen molar-refractivity contribution in [3.63, 3.8) is 0 Å². The van der Waals surface area contributed by atoms with Crippen molar-refractivity contribution in [3.8, 4) is 5.75 Å². The minimum absolute atomic E-state index is 0.0970. The van der Waals surface area contributed by atoms with Gasteiger partial charge in [0, 0.05) is 0 Å². The van der Waals surface area contributed by atoms with E-state index in [0.717, 1.165) is 0 Å². The van der Waals surface area contributed by atoms with E-state index in [2.05, 4.69) is 15.9 Å². The minimum atomic E-state index is -1.32. The SMILES string of the molecule is CCOC(=O)C(O)c1cc(C)c(O)c(Br)c1. The van der Waals surface area contributed by atoms with E-state index in [9.17, 15) is 15.0 Å². The Morgan fingerprint density at radius 1 is 1.56 bits per heavy atom. The molecule has 0 saturated carbocycles. The van der Waals surface area contributed by atoms with Crippen molar-refractivity contribution >= 4 is 21.9 Å². The lowest BCUT2D eigenvalue weighted by Gasteiger charge is -2.12. The van der Waals surface area contributed by atoms with Crippen molar-refractivity contribution in [1.29, 1.82) is 0 Å². The molecule has 5 heteroatoms. The van der Waals surface area contributed by atoms with Gasteiger partial charge in [-0.05, 0) is 53.0 Å². The van der Waals surface area contributed by atoms with Gasteiger partial charge in [0.1, 0.15) is 5.75 Å². The average molecular weight is 289 g/mol. The van der Waals surface area contributed by atoms with Crippen LogP contribution in [0.2, 0.25) is 0 Å². The first-order chi connectivity index (χ1) is 7.47. The van der Waals surface area contributed by atoms with Gasteiger partial charge in [-0.15, -0.1) is 0 Å². The fraction of sp³-hybridized carbons (Fsp3) is 0.364. The Morgan fingerprint density at radius 3 is 2.69 bits per heavy atom. The summed E-state index contributed by atoms with van der Waals surface area (Å²) in [7, 11) is 0. The zero-order valence-corrected chi connectivity index (χ0v) is 10.6. The van der Waals surface area contributed by atoms with Crippen molar-refractivity contribution < 1.29 is 19.7 Å². The summed E-state index contributed by atoms with van der Waals surface area (Å²) in [4.78, 5) is 11.3. The topological polar surface area (TPSA) is 66.8 Å². The first-order valence-corrected chi connectivity index (χ1v) is 5.60. The van der Waals surface area contributed by atoms with E-state index in [0.29, 0.717) is 15.6 Å². The summed E-state index contributed by atoms with van der Waals surface area (Å²) in [6.07, 6.45) is -1.32. The summed E-state index contributed by atoms with van der Waals surface area (Å²) in [5.41, 5.74) is 0.966. The molecule has 1 atom stereocenters. The second-order valence-electron chi connectivity index (χ2n) is 3.32. The third-order valence-corrected chi connectivity index (χ3v) is 2.71. The second kappa shape index (κ2) is 5.32. The molecule has 0 bridgehead atoms. The molecule has 0 spiro atoms. The number of hydrogen-bond donors (Lipinski definition) is 2. The molecule has 0 aliphatic heterocycles. The Kier molecular flexibility index (Phi) is 4.32. The standard InChI is InChI=1S/C11H13BrO4/c1-3-16-11(15)10(14)7-4-6(2)9(13)8(12)5-7/h4-5,10,13-14H,3H2,1-2H3. The number of ether oxygens (including phenoxy) is 1. The number of benzene rings is 1. The van der Waals surface area contributed by atoms with Gasteiger partial charge in [0.25, 0.3) is 0 Å². The number of phenols is 1. The highest BCUT2D eigenvalue weighted by atomic mass is 79.9. The van der Waals surface area contributed by atoms with Gasteiger partial charge >= 0.3 is 5.97 Å². The van der Waals surface area contributed by atoms with E-state index in [1.165, 1.54) is 6.07 Å². The Morgan fingerprint density at radius 2 is 2.19 bits per heavy atom. The highest BCUT2D eigenvalue weighted by Crippen LogP contribution is 2.31. The number of aliphatic hydroxyl groups is 1. The fourth-order valence-corrected chi connectivity index (χ4v) is 1.86. The maximum atomic E-state index is 11.3. The van der Waals surface area contributed by atoms with Gasteiger partial charge in [0.05, 0.1) is 11.1 Å². The van der Waals surface area contributed by atoms with Gasteiger partial charge in [-0.3, -0.25) is 0 Å². The summed E-state index contributed by atoms with van der Waals surface area (Å²) < 4.78 is 5.14. The van der Waals surface area contributed by atoms with E-state index < -0.39 is 12.1 Å². The lowest BCUT2D eigenvalue weighted by atomic mass is 10.1. The highest BCUT2D eigenvalue weighted by molar-refractivity contribution is 9.10. The number of halogens is 1. The molecular formula is C11H13BrO4. The number of hydrogen-bond acceptors (Lipinski definition) is 4. The van der Waals surface area contributed by atoms with E-state index in [4.69, 9.17) is 4.74 Å². The molecule has 1 aromatic rings. The van der Waals surface area contributed by atoms with Crippen molar-refractivity contribution in [2.75, 3.05) is 6.61 Å². The van der Waals surface area contributed by atoms with Gasteiger partial charge in [0.2, 0.25) is 0 Å². The zero-order valence-electron chi connectivity index (χ0n) is 9.03. The normalized spacial score (nSPS) is 12.2. The second-order valence-corrected chi connectivity index (χ2v) is 4.18. The molecule has 2 N–H and O–H groups in total. The van der Waals surface area contributed by atoms with E-state index in [1.54, 1.807) is 19.9 Å². The molecule has 0 heterocycles. The van der Waals surface area contributed by atoms with Crippen LogP contribution in [0, 0.1) is 6.92 Å².